The molecule has 0 unspecified atom stereocenters. The number of hydrogen-bond acceptors (Lipinski definition) is 5. The fourth-order valence-electron chi connectivity index (χ4n) is 1.39. The zero-order valence-corrected chi connectivity index (χ0v) is 9.48. The van der Waals surface area contributed by atoms with Gasteiger partial charge in [-0.15, -0.1) is 0 Å². The zero-order chi connectivity index (χ0) is 12.4. The van der Waals surface area contributed by atoms with Crippen LogP contribution in [0.4, 0.5) is 5.69 Å². The summed E-state index contributed by atoms with van der Waals surface area (Å²) in [6.45, 7) is 0. The van der Waals surface area contributed by atoms with Gasteiger partial charge in [-0.25, -0.2) is 4.31 Å². The molecule has 1 heterocycles. The average molecular weight is 252 g/mol. The summed E-state index contributed by atoms with van der Waals surface area (Å²) in [5.41, 5.74) is -0.0200. The highest BCUT2D eigenvalue weighted by Gasteiger charge is 2.30. The highest BCUT2D eigenvalue weighted by molar-refractivity contribution is 7.98. The molecule has 0 spiro atoms. The standard InChI is InChI=1S/C10H8N2O4S/c13-9-5-6-10(14)11(9)17-8-3-1-7(2-4-8)12(15)16/h1-4H,5-6H2. The van der Waals surface area contributed by atoms with Crippen LogP contribution in [-0.4, -0.2) is 21.0 Å². The topological polar surface area (TPSA) is 80.5 Å². The number of carbonyl (C=O) groups excluding carboxylic acids is 2. The summed E-state index contributed by atoms with van der Waals surface area (Å²) in [7, 11) is 0. The summed E-state index contributed by atoms with van der Waals surface area (Å²) in [6.07, 6.45) is 0.470. The van der Waals surface area contributed by atoms with Gasteiger partial charge >= 0.3 is 0 Å². The Hall–Kier alpha value is -1.89. The van der Waals surface area contributed by atoms with E-state index in [4.69, 9.17) is 0 Å². The molecular weight excluding hydrogens is 244 g/mol. The molecule has 2 amide bonds. The van der Waals surface area contributed by atoms with Crippen LogP contribution in [0.15, 0.2) is 29.2 Å². The average Bonchev–Trinajstić information content (AvgIpc) is 2.61. The number of non-ortho nitro benzene ring substituents is 1. The van der Waals surface area contributed by atoms with Crippen LogP contribution in [-0.2, 0) is 9.59 Å². The predicted octanol–water partition coefficient (Wildman–Crippen LogP) is 1.75. The molecule has 0 saturated carbocycles. The van der Waals surface area contributed by atoms with Crippen LogP contribution in [0.25, 0.3) is 0 Å². The van der Waals surface area contributed by atoms with Crippen molar-refractivity contribution < 1.29 is 14.5 Å². The fraction of sp³-hybridized carbons (Fsp3) is 0.200. The molecule has 1 fully saturated rings. The van der Waals surface area contributed by atoms with Gasteiger partial charge in [0.05, 0.1) is 4.92 Å². The van der Waals surface area contributed by atoms with Crippen LogP contribution in [0.1, 0.15) is 12.8 Å². The highest BCUT2D eigenvalue weighted by Crippen LogP contribution is 2.29. The third-order valence-corrected chi connectivity index (χ3v) is 3.32. The number of rotatable bonds is 3. The lowest BCUT2D eigenvalue weighted by Crippen LogP contribution is -2.20. The van der Waals surface area contributed by atoms with Gasteiger partial charge in [0.25, 0.3) is 5.69 Å². The van der Waals surface area contributed by atoms with Crippen molar-refractivity contribution in [3.05, 3.63) is 34.4 Å². The molecule has 1 aliphatic rings. The van der Waals surface area contributed by atoms with Gasteiger partial charge in [-0.3, -0.25) is 19.7 Å². The van der Waals surface area contributed by atoms with E-state index in [0.717, 1.165) is 16.3 Å². The quantitative estimate of drug-likeness (QED) is 0.354. The molecule has 0 aliphatic carbocycles. The summed E-state index contributed by atoms with van der Waals surface area (Å²) in [5.74, 6) is -0.447. The summed E-state index contributed by atoms with van der Waals surface area (Å²) in [6, 6.07) is 5.71. The van der Waals surface area contributed by atoms with Crippen LogP contribution >= 0.6 is 11.9 Å². The van der Waals surface area contributed by atoms with E-state index in [9.17, 15) is 19.7 Å². The molecule has 7 heteroatoms. The van der Waals surface area contributed by atoms with Gasteiger partial charge in [0.1, 0.15) is 0 Å². The molecule has 0 bridgehead atoms. The second-order valence-corrected chi connectivity index (χ2v) is 4.44. The maximum Gasteiger partial charge on any atom is 0.269 e. The molecule has 0 radical (unpaired) electrons. The Labute approximate surface area is 101 Å². The second kappa shape index (κ2) is 4.54. The summed E-state index contributed by atoms with van der Waals surface area (Å²) in [4.78, 5) is 33.2. The van der Waals surface area contributed by atoms with Gasteiger partial charge in [-0.05, 0) is 24.1 Å². The van der Waals surface area contributed by atoms with E-state index in [1.165, 1.54) is 24.3 Å². The molecule has 0 aromatic heterocycles. The second-order valence-electron chi connectivity index (χ2n) is 3.42. The number of hydrogen-bond donors (Lipinski definition) is 0. The first-order chi connectivity index (χ1) is 8.08. The predicted molar refractivity (Wildman–Crippen MR) is 60.0 cm³/mol. The van der Waals surface area contributed by atoms with Crippen molar-refractivity contribution in [2.45, 2.75) is 17.7 Å². The Morgan fingerprint density at radius 3 is 2.12 bits per heavy atom. The molecule has 6 nitrogen and oxygen atoms in total. The van der Waals surface area contributed by atoms with Crippen molar-refractivity contribution in [2.75, 3.05) is 0 Å². The number of carbonyl (C=O) groups is 2. The summed E-state index contributed by atoms with van der Waals surface area (Å²) >= 11 is 0.999. The van der Waals surface area contributed by atoms with Crippen molar-refractivity contribution >= 4 is 29.4 Å². The van der Waals surface area contributed by atoms with Crippen molar-refractivity contribution in [1.29, 1.82) is 0 Å². The first-order valence-corrected chi connectivity index (χ1v) is 5.63. The molecule has 1 saturated heterocycles. The van der Waals surface area contributed by atoms with Crippen molar-refractivity contribution in [3.63, 3.8) is 0 Å². The molecule has 17 heavy (non-hydrogen) atoms. The Morgan fingerprint density at radius 2 is 1.65 bits per heavy atom. The largest absolute Gasteiger partial charge is 0.273 e. The number of nitro groups is 1. The first-order valence-electron chi connectivity index (χ1n) is 4.86. The molecule has 1 aromatic carbocycles. The lowest BCUT2D eigenvalue weighted by Gasteiger charge is -2.11. The molecular formula is C10H8N2O4S. The maximum absolute atomic E-state index is 11.3. The third kappa shape index (κ3) is 2.44. The molecule has 88 valence electrons. The SMILES string of the molecule is O=C1CCC(=O)N1Sc1ccc([N+](=O)[O-])cc1. The molecule has 1 aliphatic heterocycles. The minimum atomic E-state index is -0.499. The van der Waals surface area contributed by atoms with Crippen LogP contribution in [0.2, 0.25) is 0 Å². The van der Waals surface area contributed by atoms with Crippen molar-refractivity contribution in [1.82, 2.24) is 4.31 Å². The van der Waals surface area contributed by atoms with Crippen LogP contribution in [0, 0.1) is 10.1 Å². The Morgan fingerprint density at radius 1 is 1.12 bits per heavy atom. The number of nitrogens with zero attached hydrogens (tertiary/aromatic N) is 2. The minimum absolute atomic E-state index is 0.0200. The Balaban J connectivity index is 2.11. The molecule has 0 atom stereocenters. The van der Waals surface area contributed by atoms with Gasteiger partial charge in [0.15, 0.2) is 0 Å². The number of imide groups is 1. The minimum Gasteiger partial charge on any atom is -0.273 e. The molecule has 2 rings (SSSR count). The number of benzene rings is 1. The van der Waals surface area contributed by atoms with Crippen molar-refractivity contribution in [2.24, 2.45) is 0 Å². The molecule has 1 aromatic rings. The highest BCUT2D eigenvalue weighted by atomic mass is 32.2. The van der Waals surface area contributed by atoms with E-state index in [2.05, 4.69) is 0 Å². The van der Waals surface area contributed by atoms with Crippen LogP contribution in [0.3, 0.4) is 0 Å². The van der Waals surface area contributed by atoms with Crippen molar-refractivity contribution in [3.8, 4) is 0 Å². The van der Waals surface area contributed by atoms with Gasteiger partial charge < -0.3 is 0 Å². The van der Waals surface area contributed by atoms with E-state index in [1.54, 1.807) is 0 Å². The van der Waals surface area contributed by atoms with Crippen LogP contribution in [0.5, 0.6) is 0 Å². The number of amides is 2. The van der Waals surface area contributed by atoms with E-state index in [-0.39, 0.29) is 30.3 Å². The zero-order valence-electron chi connectivity index (χ0n) is 8.66. The monoisotopic (exact) mass is 252 g/mol. The third-order valence-electron chi connectivity index (χ3n) is 2.25. The Bertz CT molecular complexity index is 470. The maximum atomic E-state index is 11.3. The van der Waals surface area contributed by atoms with Gasteiger partial charge in [-0.2, -0.15) is 0 Å². The normalized spacial score (nSPS) is 15.4. The fourth-order valence-corrected chi connectivity index (χ4v) is 2.25. The van der Waals surface area contributed by atoms with E-state index in [1.807, 2.05) is 0 Å². The Kier molecular flexibility index (Phi) is 3.10. The van der Waals surface area contributed by atoms with E-state index in [0.29, 0.717) is 4.90 Å². The summed E-state index contributed by atoms with van der Waals surface area (Å²) in [5, 5.41) is 10.4. The van der Waals surface area contributed by atoms with Gasteiger partial charge in [0, 0.05) is 29.9 Å². The van der Waals surface area contributed by atoms with Gasteiger partial charge in [0.2, 0.25) is 11.8 Å². The van der Waals surface area contributed by atoms with Gasteiger partial charge in [-0.1, -0.05) is 0 Å². The first kappa shape index (κ1) is 11.6. The molecule has 0 N–H and O–H groups in total. The number of nitro benzene ring substituents is 1. The lowest BCUT2D eigenvalue weighted by molar-refractivity contribution is -0.384. The summed E-state index contributed by atoms with van der Waals surface area (Å²) < 4.78 is 1.10. The van der Waals surface area contributed by atoms with Crippen LogP contribution < -0.4 is 0 Å². The smallest absolute Gasteiger partial charge is 0.269 e. The lowest BCUT2D eigenvalue weighted by atomic mass is 10.3. The van der Waals surface area contributed by atoms with E-state index < -0.39 is 4.92 Å². The van der Waals surface area contributed by atoms with E-state index >= 15 is 0 Å².